The average molecular weight is 575 g/mol. The van der Waals surface area contributed by atoms with Crippen LogP contribution < -0.4 is 0 Å². The van der Waals surface area contributed by atoms with E-state index in [1.807, 2.05) is 8.85 Å². The van der Waals surface area contributed by atoms with Gasteiger partial charge < -0.3 is 0 Å². The molecule has 2 atom stereocenters. The van der Waals surface area contributed by atoms with Crippen molar-refractivity contribution in [2.45, 2.75) is 57.3 Å². The van der Waals surface area contributed by atoms with Crippen LogP contribution in [0.5, 0.6) is 0 Å². The van der Waals surface area contributed by atoms with Crippen molar-refractivity contribution in [3.8, 4) is 11.1 Å². The van der Waals surface area contributed by atoms with Crippen LogP contribution >= 0.6 is 24.8 Å². The van der Waals surface area contributed by atoms with Gasteiger partial charge in [0.25, 0.3) is 0 Å². The molecule has 0 N–H and O–H groups in total. The van der Waals surface area contributed by atoms with Crippen LogP contribution in [0.4, 0.5) is 0 Å². The molecule has 0 spiro atoms. The maximum atomic E-state index is 2.66. The second kappa shape index (κ2) is 10.5. The first kappa shape index (κ1) is 26.9. The van der Waals surface area contributed by atoms with Crippen molar-refractivity contribution in [1.82, 2.24) is 0 Å². The van der Waals surface area contributed by atoms with Gasteiger partial charge in [-0.25, -0.2) is 0 Å². The van der Waals surface area contributed by atoms with E-state index in [4.69, 9.17) is 0 Å². The van der Waals surface area contributed by atoms with Crippen molar-refractivity contribution < 1.29 is 20.4 Å². The quantitative estimate of drug-likeness (QED) is 0.319. The number of hydrogen-bond donors (Lipinski definition) is 0. The number of rotatable bonds is 4. The molecule has 1 fully saturated rings. The predicted octanol–water partition coefficient (Wildman–Crippen LogP) is 9.17. The first-order chi connectivity index (χ1) is 14.9. The van der Waals surface area contributed by atoms with Crippen LogP contribution in [-0.4, -0.2) is 5.43 Å². The summed E-state index contributed by atoms with van der Waals surface area (Å²) in [6.45, 7) is 15.0. The Hall–Kier alpha value is -0.660. The molecule has 2 aromatic carbocycles. The maximum Gasteiger partial charge on any atom is -0.147 e. The van der Waals surface area contributed by atoms with Crippen LogP contribution in [0, 0.1) is 11.8 Å². The summed E-state index contributed by atoms with van der Waals surface area (Å²) in [5.41, 5.74) is 12.4. The Balaban J connectivity index is 0.00000153. The van der Waals surface area contributed by atoms with E-state index in [0.717, 1.165) is 9.54 Å². The predicted molar refractivity (Wildman–Crippen MR) is 148 cm³/mol. The monoisotopic (exact) mass is 572 g/mol. The molecule has 0 radical (unpaired) electrons. The van der Waals surface area contributed by atoms with Crippen LogP contribution in [0.3, 0.4) is 0 Å². The van der Waals surface area contributed by atoms with E-state index in [2.05, 4.69) is 95.4 Å². The molecule has 0 amide bonds. The van der Waals surface area contributed by atoms with Gasteiger partial charge in [0, 0.05) is 0 Å². The van der Waals surface area contributed by atoms with Crippen LogP contribution in [0.1, 0.15) is 55.3 Å². The number of hydrogen-bond acceptors (Lipinski definition) is 0. The Kier molecular flexibility index (Phi) is 8.60. The smallest absolute Gasteiger partial charge is 0.147 e. The summed E-state index contributed by atoms with van der Waals surface area (Å²) in [6, 6.07) is 18.2. The zero-order valence-corrected chi connectivity index (χ0v) is 25.7. The largest absolute Gasteiger partial charge is 0.147 e. The first-order valence-corrected chi connectivity index (χ1v) is 20.7. The molecule has 3 aliphatic carbocycles. The summed E-state index contributed by atoms with van der Waals surface area (Å²) in [5.74, 6) is 1.53. The summed E-state index contributed by atoms with van der Waals surface area (Å²) in [5, 5.41) is 0. The molecule has 0 bridgehead atoms. The van der Waals surface area contributed by atoms with Gasteiger partial charge in [0.1, 0.15) is 0 Å². The number of halogens is 2. The molecule has 3 aliphatic rings. The van der Waals surface area contributed by atoms with Crippen molar-refractivity contribution in [3.05, 3.63) is 85.2 Å². The van der Waals surface area contributed by atoms with E-state index in [9.17, 15) is 0 Å². The molecule has 1 saturated carbocycles. The molecule has 33 heavy (non-hydrogen) atoms. The van der Waals surface area contributed by atoms with Crippen LogP contribution in [0.25, 0.3) is 17.2 Å². The Morgan fingerprint density at radius 1 is 0.848 bits per heavy atom. The third-order valence-corrected chi connectivity index (χ3v) is 26.7. The fourth-order valence-corrected chi connectivity index (χ4v) is 26.4. The Morgan fingerprint density at radius 3 is 2.06 bits per heavy atom. The maximum absolute atomic E-state index is 2.66. The van der Waals surface area contributed by atoms with E-state index in [0.29, 0.717) is 5.92 Å². The van der Waals surface area contributed by atoms with Crippen molar-refractivity contribution in [2.75, 3.05) is 0 Å². The van der Waals surface area contributed by atoms with E-state index < -0.39 is 20.4 Å². The van der Waals surface area contributed by atoms with Gasteiger partial charge >= 0.3 is 197 Å². The minimum Gasteiger partial charge on any atom is -0.147 e. The standard InChI is InChI=1S/C18H15.C9H13.C2H6Si.2ClH.Zr/c1-2-5-14(6-3-1)17-8-4-7-15-11-16(12-18(15)17)13-9-10-13;1-6-5-7(2)9(4)8(6)3;1-3-2;;;/h1-8,11-13H,9-10H2;6H,1-4H3;1-2H3;2*1H;. The fourth-order valence-electron chi connectivity index (χ4n) is 5.90. The average Bonchev–Trinajstić information content (AvgIpc) is 3.52. The summed E-state index contributed by atoms with van der Waals surface area (Å²) >= 11 is -1.92. The second-order valence-electron chi connectivity index (χ2n) is 10.0. The van der Waals surface area contributed by atoms with Gasteiger partial charge in [-0.1, -0.05) is 0 Å². The van der Waals surface area contributed by atoms with Crippen LogP contribution in [0.15, 0.2) is 74.1 Å². The van der Waals surface area contributed by atoms with E-state index in [1.165, 1.54) is 24.0 Å². The molecule has 0 aromatic heterocycles. The summed E-state index contributed by atoms with van der Waals surface area (Å²) < 4.78 is 2.72. The topological polar surface area (TPSA) is 0 Å². The second-order valence-corrected chi connectivity index (χ2v) is 27.3. The molecular formula is C29H36Cl2SiZr. The molecule has 5 rings (SSSR count). The SMILES string of the molecule is CC1=C(C)C(C)[C]([Zr]([CH]2C(C3CC3)=Cc3c(-c4ccccc4)cccc32)=[Si](C)C)=C1C.Cl.Cl. The number of benzene rings is 2. The molecular weight excluding hydrogens is 539 g/mol. The van der Waals surface area contributed by atoms with E-state index in [1.54, 1.807) is 27.8 Å². The van der Waals surface area contributed by atoms with Gasteiger partial charge in [0.2, 0.25) is 0 Å². The third-order valence-electron chi connectivity index (χ3n) is 7.99. The minimum atomic E-state index is -1.92. The van der Waals surface area contributed by atoms with Crippen LogP contribution in [0.2, 0.25) is 13.1 Å². The number of fused-ring (bicyclic) bond motifs is 1. The van der Waals surface area contributed by atoms with E-state index >= 15 is 0 Å². The van der Waals surface area contributed by atoms with Gasteiger partial charge in [-0.15, -0.1) is 24.8 Å². The Morgan fingerprint density at radius 2 is 1.52 bits per heavy atom. The van der Waals surface area contributed by atoms with Crippen molar-refractivity contribution in [2.24, 2.45) is 11.8 Å². The zero-order valence-electron chi connectivity index (χ0n) is 20.7. The van der Waals surface area contributed by atoms with Gasteiger partial charge in [-0.05, 0) is 0 Å². The zero-order chi connectivity index (χ0) is 21.9. The minimum absolute atomic E-state index is 0. The van der Waals surface area contributed by atoms with Gasteiger partial charge in [0.05, 0.1) is 0 Å². The molecule has 174 valence electrons. The molecule has 2 unspecified atom stereocenters. The molecule has 2 aromatic rings. The van der Waals surface area contributed by atoms with Gasteiger partial charge in [0.15, 0.2) is 0 Å². The molecule has 0 aliphatic heterocycles. The molecule has 0 nitrogen and oxygen atoms in total. The van der Waals surface area contributed by atoms with E-state index in [-0.39, 0.29) is 30.2 Å². The van der Waals surface area contributed by atoms with Crippen molar-refractivity contribution in [3.63, 3.8) is 0 Å². The Bertz CT molecular complexity index is 1200. The Labute approximate surface area is 220 Å². The fraction of sp³-hybridized carbons (Fsp3) is 0.379. The molecule has 0 saturated heterocycles. The normalized spacial score (nSPS) is 21.3. The first-order valence-electron chi connectivity index (χ1n) is 11.9. The van der Waals surface area contributed by atoms with Gasteiger partial charge in [-0.2, -0.15) is 0 Å². The van der Waals surface area contributed by atoms with Crippen molar-refractivity contribution >= 4 is 36.3 Å². The number of allylic oxidation sites excluding steroid dienone is 5. The van der Waals surface area contributed by atoms with Crippen molar-refractivity contribution in [1.29, 1.82) is 0 Å². The summed E-state index contributed by atoms with van der Waals surface area (Å²) in [4.78, 5) is 0. The molecule has 4 heteroatoms. The summed E-state index contributed by atoms with van der Waals surface area (Å²) in [6.07, 6.45) is 5.48. The van der Waals surface area contributed by atoms with Gasteiger partial charge in [-0.3, -0.25) is 0 Å². The molecule has 0 heterocycles. The third kappa shape index (κ3) is 4.63. The summed E-state index contributed by atoms with van der Waals surface area (Å²) in [7, 11) is 0. The van der Waals surface area contributed by atoms with Crippen LogP contribution in [-0.2, 0) is 20.4 Å².